The number of amides is 2. The molecule has 1 aliphatic rings. The van der Waals surface area contributed by atoms with Crippen molar-refractivity contribution in [1.29, 1.82) is 0 Å². The first kappa shape index (κ1) is 21.9. The van der Waals surface area contributed by atoms with Gasteiger partial charge in [-0.2, -0.15) is 5.10 Å². The Labute approximate surface area is 196 Å². The number of H-pyrrole nitrogens is 1. The molecule has 2 aromatic heterocycles. The zero-order valence-corrected chi connectivity index (χ0v) is 19.6. The van der Waals surface area contributed by atoms with Crippen molar-refractivity contribution in [1.82, 2.24) is 24.6 Å². The van der Waals surface area contributed by atoms with Crippen molar-refractivity contribution >= 4 is 39.2 Å². The van der Waals surface area contributed by atoms with Crippen LogP contribution >= 0.6 is 0 Å². The Hall–Kier alpha value is -3.94. The van der Waals surface area contributed by atoms with Gasteiger partial charge in [0.15, 0.2) is 5.82 Å². The molecule has 4 aromatic rings. The number of nitrogens with zero attached hydrogens (tertiary/aromatic N) is 4. The van der Waals surface area contributed by atoms with Crippen molar-refractivity contribution in [3.63, 3.8) is 0 Å². The van der Waals surface area contributed by atoms with Gasteiger partial charge in [-0.15, -0.1) is 0 Å². The maximum Gasteiger partial charge on any atom is 0.269 e. The predicted octanol–water partition coefficient (Wildman–Crippen LogP) is 4.20. The molecule has 0 bridgehead atoms. The fraction of sp³-hybridized carbons (Fsp3) is 0.269. The van der Waals surface area contributed by atoms with Gasteiger partial charge >= 0.3 is 0 Å². The number of hydrogen-bond donors (Lipinski definition) is 1. The molecule has 2 amide bonds. The van der Waals surface area contributed by atoms with Gasteiger partial charge in [0.2, 0.25) is 5.91 Å². The molecule has 0 radical (unpaired) electrons. The number of aromatic amines is 1. The van der Waals surface area contributed by atoms with E-state index in [-0.39, 0.29) is 17.3 Å². The van der Waals surface area contributed by atoms with Crippen LogP contribution in [0.5, 0.6) is 0 Å². The molecule has 0 spiro atoms. The van der Waals surface area contributed by atoms with Gasteiger partial charge < -0.3 is 14.8 Å². The minimum Gasteiger partial charge on any atom is -0.348 e. The molecule has 3 heterocycles. The van der Waals surface area contributed by atoms with Crippen molar-refractivity contribution < 1.29 is 14.0 Å². The summed E-state index contributed by atoms with van der Waals surface area (Å²) in [6.45, 7) is 2.50. The Bertz CT molecular complexity index is 1490. The number of carbonyl (C=O) groups is 2. The molecule has 0 saturated carbocycles. The second-order valence-electron chi connectivity index (χ2n) is 8.96. The number of benzene rings is 2. The predicted molar refractivity (Wildman–Crippen MR) is 131 cm³/mol. The second kappa shape index (κ2) is 8.13. The molecule has 2 aromatic carbocycles. The quantitative estimate of drug-likeness (QED) is 0.499. The summed E-state index contributed by atoms with van der Waals surface area (Å²) in [6, 6.07) is 9.55. The molecule has 34 heavy (non-hydrogen) atoms. The van der Waals surface area contributed by atoms with Gasteiger partial charge in [-0.05, 0) is 41.3 Å². The Balaban J connectivity index is 1.76. The molecular weight excluding hydrogens is 433 g/mol. The number of aromatic nitrogens is 3. The van der Waals surface area contributed by atoms with E-state index in [4.69, 9.17) is 0 Å². The fourth-order valence-electron chi connectivity index (χ4n) is 4.61. The van der Waals surface area contributed by atoms with Gasteiger partial charge in [0.05, 0.1) is 17.2 Å². The Morgan fingerprint density at radius 1 is 1.15 bits per heavy atom. The number of nitrogens with one attached hydrogen (secondary N) is 1. The first-order valence-corrected chi connectivity index (χ1v) is 11.2. The van der Waals surface area contributed by atoms with E-state index in [0.29, 0.717) is 36.2 Å². The average Bonchev–Trinajstić information content (AvgIpc) is 3.43. The van der Waals surface area contributed by atoms with Crippen LogP contribution in [0.2, 0.25) is 0 Å². The maximum atomic E-state index is 15.9. The van der Waals surface area contributed by atoms with E-state index in [1.165, 1.54) is 11.8 Å². The topological polar surface area (TPSA) is 74.2 Å². The average molecular weight is 460 g/mol. The van der Waals surface area contributed by atoms with E-state index in [2.05, 4.69) is 10.1 Å². The molecule has 0 atom stereocenters. The van der Waals surface area contributed by atoms with Gasteiger partial charge in [0.1, 0.15) is 5.69 Å². The molecular formula is C26H26FN5O2. The van der Waals surface area contributed by atoms with Gasteiger partial charge in [0, 0.05) is 57.5 Å². The number of aryl methyl sites for hydroxylation is 1. The van der Waals surface area contributed by atoms with Crippen molar-refractivity contribution in [3.05, 3.63) is 59.7 Å². The smallest absolute Gasteiger partial charge is 0.269 e. The lowest BCUT2D eigenvalue weighted by Gasteiger charge is -2.27. The molecule has 1 aliphatic heterocycles. The highest BCUT2D eigenvalue weighted by Crippen LogP contribution is 2.37. The van der Waals surface area contributed by atoms with E-state index in [0.717, 1.165) is 27.6 Å². The molecule has 5 rings (SSSR count). The van der Waals surface area contributed by atoms with Crippen LogP contribution in [0.3, 0.4) is 0 Å². The van der Waals surface area contributed by atoms with Crippen LogP contribution in [0.4, 0.5) is 4.39 Å². The maximum absolute atomic E-state index is 15.9. The first-order chi connectivity index (χ1) is 16.2. The first-order valence-electron chi connectivity index (χ1n) is 11.2. The lowest BCUT2D eigenvalue weighted by molar-refractivity contribution is -0.128. The Morgan fingerprint density at radius 3 is 2.68 bits per heavy atom. The molecule has 0 saturated heterocycles. The van der Waals surface area contributed by atoms with Crippen LogP contribution in [0.1, 0.15) is 29.4 Å². The lowest BCUT2D eigenvalue weighted by Crippen LogP contribution is -2.33. The molecule has 174 valence electrons. The SMILES string of the molecule is CC(=O)N1CCC=C(c2cc(-c3ccc4cnn(C)c4c3)c3cc(C(=O)N(C)C)[nH]c3c2F)C1. The fourth-order valence-corrected chi connectivity index (χ4v) is 4.61. The zero-order valence-electron chi connectivity index (χ0n) is 19.6. The van der Waals surface area contributed by atoms with Crippen molar-refractivity contribution in [2.75, 3.05) is 27.2 Å². The summed E-state index contributed by atoms with van der Waals surface area (Å²) in [4.78, 5) is 30.8. The van der Waals surface area contributed by atoms with E-state index >= 15 is 4.39 Å². The molecule has 1 N–H and O–H groups in total. The number of carbonyl (C=O) groups excluding carboxylic acids is 2. The van der Waals surface area contributed by atoms with E-state index in [9.17, 15) is 9.59 Å². The highest BCUT2D eigenvalue weighted by atomic mass is 19.1. The summed E-state index contributed by atoms with van der Waals surface area (Å²) < 4.78 is 17.7. The second-order valence-corrected chi connectivity index (χ2v) is 8.96. The van der Waals surface area contributed by atoms with Gasteiger partial charge in [-0.25, -0.2) is 4.39 Å². The minimum absolute atomic E-state index is 0.0345. The third-order valence-corrected chi connectivity index (χ3v) is 6.49. The highest BCUT2D eigenvalue weighted by Gasteiger charge is 2.24. The molecule has 0 aliphatic carbocycles. The normalized spacial score (nSPS) is 14.0. The third kappa shape index (κ3) is 3.55. The van der Waals surface area contributed by atoms with Crippen molar-refractivity contribution in [3.8, 4) is 11.1 Å². The summed E-state index contributed by atoms with van der Waals surface area (Å²) in [6.07, 6.45) is 4.46. The van der Waals surface area contributed by atoms with Crippen LogP contribution in [-0.4, -0.2) is 63.6 Å². The van der Waals surface area contributed by atoms with E-state index in [1.807, 2.05) is 37.4 Å². The van der Waals surface area contributed by atoms with Crippen LogP contribution < -0.4 is 0 Å². The summed E-state index contributed by atoms with van der Waals surface area (Å²) >= 11 is 0. The molecule has 7 nitrogen and oxygen atoms in total. The molecule has 0 fully saturated rings. The van der Waals surface area contributed by atoms with Gasteiger partial charge in [0.25, 0.3) is 5.91 Å². The largest absolute Gasteiger partial charge is 0.348 e. The number of halogens is 1. The number of fused-ring (bicyclic) bond motifs is 2. The highest BCUT2D eigenvalue weighted by molar-refractivity contribution is 6.05. The number of hydrogen-bond acceptors (Lipinski definition) is 3. The van der Waals surface area contributed by atoms with E-state index in [1.54, 1.807) is 35.9 Å². The van der Waals surface area contributed by atoms with Gasteiger partial charge in [-0.1, -0.05) is 18.2 Å². The Kier molecular flexibility index (Phi) is 5.23. The van der Waals surface area contributed by atoms with Crippen LogP contribution in [0, 0.1) is 5.82 Å². The van der Waals surface area contributed by atoms with Gasteiger partial charge in [-0.3, -0.25) is 14.3 Å². The summed E-state index contributed by atoms with van der Waals surface area (Å²) in [5, 5.41) is 5.96. The number of rotatable bonds is 3. The molecule has 8 heteroatoms. The van der Waals surface area contributed by atoms with Crippen LogP contribution in [0.25, 0.3) is 38.5 Å². The standard InChI is InChI=1S/C26H26FN5O2/c1-15(33)32-9-5-6-18(14-32)20-11-19(16-7-8-17-13-28-31(4)23(17)10-16)21-12-22(26(34)30(2)3)29-25(21)24(20)27/h6-8,10-13,29H,5,9,14H2,1-4H3. The summed E-state index contributed by atoms with van der Waals surface area (Å²) in [5.74, 6) is -0.688. The molecule has 0 unspecified atom stereocenters. The lowest BCUT2D eigenvalue weighted by atomic mass is 9.93. The summed E-state index contributed by atoms with van der Waals surface area (Å²) in [7, 11) is 5.21. The van der Waals surface area contributed by atoms with Crippen molar-refractivity contribution in [2.45, 2.75) is 13.3 Å². The minimum atomic E-state index is -0.421. The Morgan fingerprint density at radius 2 is 1.94 bits per heavy atom. The third-order valence-electron chi connectivity index (χ3n) is 6.49. The van der Waals surface area contributed by atoms with Crippen LogP contribution in [-0.2, 0) is 11.8 Å². The van der Waals surface area contributed by atoms with Crippen LogP contribution in [0.15, 0.2) is 42.6 Å². The summed E-state index contributed by atoms with van der Waals surface area (Å²) in [5.41, 5.74) is 4.46. The zero-order chi connectivity index (χ0) is 24.1. The van der Waals surface area contributed by atoms with Crippen molar-refractivity contribution in [2.24, 2.45) is 7.05 Å². The van der Waals surface area contributed by atoms with E-state index < -0.39 is 5.82 Å². The monoisotopic (exact) mass is 459 g/mol.